The number of aromatic nitrogens is 2. The van der Waals surface area contributed by atoms with Gasteiger partial charge in [-0.15, -0.1) is 12.4 Å². The van der Waals surface area contributed by atoms with Gasteiger partial charge in [-0.05, 0) is 25.7 Å². The van der Waals surface area contributed by atoms with Crippen LogP contribution >= 0.6 is 12.4 Å². The lowest BCUT2D eigenvalue weighted by Crippen LogP contribution is -2.52. The molecule has 1 atom stereocenters. The van der Waals surface area contributed by atoms with E-state index in [9.17, 15) is 4.79 Å². The third-order valence-electron chi connectivity index (χ3n) is 5.06. The van der Waals surface area contributed by atoms with Crippen LogP contribution < -0.4 is 5.73 Å². The number of carbonyl (C=O) groups is 1. The number of rotatable bonds is 5. The molecule has 1 aliphatic rings. The number of ether oxygens (including phenoxy) is 1. The summed E-state index contributed by atoms with van der Waals surface area (Å²) in [4.78, 5) is 13.8. The van der Waals surface area contributed by atoms with E-state index in [1.54, 1.807) is 0 Å². The molecule has 0 amide bonds. The minimum Gasteiger partial charge on any atom is -0.469 e. The molecule has 1 fully saturated rings. The van der Waals surface area contributed by atoms with E-state index in [-0.39, 0.29) is 29.8 Å². The second-order valence-electron chi connectivity index (χ2n) is 7.29. The lowest BCUT2D eigenvalue weighted by molar-refractivity contribution is -0.140. The highest BCUT2D eigenvalue weighted by atomic mass is 35.5. The van der Waals surface area contributed by atoms with Gasteiger partial charge >= 0.3 is 5.97 Å². The highest BCUT2D eigenvalue weighted by Crippen LogP contribution is 2.29. The number of methoxy groups -OCH3 is 1. The van der Waals surface area contributed by atoms with E-state index in [0.29, 0.717) is 13.0 Å². The van der Waals surface area contributed by atoms with Crippen LogP contribution in [0.2, 0.25) is 0 Å². The van der Waals surface area contributed by atoms with Gasteiger partial charge in [-0.1, -0.05) is 13.8 Å². The molecule has 0 aromatic carbocycles. The molecule has 0 spiro atoms. The van der Waals surface area contributed by atoms with Crippen LogP contribution in [0.3, 0.4) is 0 Å². The molecule has 2 N–H and O–H groups in total. The van der Waals surface area contributed by atoms with Crippen molar-refractivity contribution < 1.29 is 9.53 Å². The first-order chi connectivity index (χ1) is 10.7. The van der Waals surface area contributed by atoms with Crippen LogP contribution in [0.1, 0.15) is 43.6 Å². The standard InChI is InChI=1S/C17H30N4O2.ClH/c1-12-14(10-20-8-6-15(18)17(3,4)11-20)13(2)21(19-12)9-7-16(22)23-5;/h15H,6-11,18H2,1-5H3;1H. The molecule has 1 saturated heterocycles. The van der Waals surface area contributed by atoms with Crippen LogP contribution in [0.15, 0.2) is 0 Å². The molecule has 1 unspecified atom stereocenters. The molecule has 0 aliphatic carbocycles. The number of aryl methyl sites for hydroxylation is 2. The molecule has 7 heteroatoms. The maximum Gasteiger partial charge on any atom is 0.307 e. The smallest absolute Gasteiger partial charge is 0.307 e. The molecule has 1 aliphatic heterocycles. The van der Waals surface area contributed by atoms with Crippen molar-refractivity contribution in [2.45, 2.75) is 59.7 Å². The Balaban J connectivity index is 0.00000288. The fourth-order valence-corrected chi connectivity index (χ4v) is 3.32. The van der Waals surface area contributed by atoms with Crippen molar-refractivity contribution in [1.29, 1.82) is 0 Å². The quantitative estimate of drug-likeness (QED) is 0.815. The Morgan fingerprint density at radius 3 is 2.67 bits per heavy atom. The van der Waals surface area contributed by atoms with Crippen LogP contribution in [0.4, 0.5) is 0 Å². The number of piperidine rings is 1. The van der Waals surface area contributed by atoms with E-state index in [1.807, 2.05) is 11.6 Å². The molecule has 0 radical (unpaired) electrons. The van der Waals surface area contributed by atoms with Crippen molar-refractivity contribution in [2.75, 3.05) is 20.2 Å². The monoisotopic (exact) mass is 358 g/mol. The molecular weight excluding hydrogens is 328 g/mol. The molecule has 24 heavy (non-hydrogen) atoms. The highest BCUT2D eigenvalue weighted by molar-refractivity contribution is 5.85. The number of nitrogens with zero attached hydrogens (tertiary/aromatic N) is 3. The van der Waals surface area contributed by atoms with E-state index < -0.39 is 0 Å². The number of esters is 1. The molecule has 1 aromatic rings. The summed E-state index contributed by atoms with van der Waals surface area (Å²) in [5.41, 5.74) is 9.81. The Bertz CT molecular complexity index is 571. The molecule has 138 valence electrons. The second-order valence-corrected chi connectivity index (χ2v) is 7.29. The van der Waals surface area contributed by atoms with Crippen molar-refractivity contribution in [1.82, 2.24) is 14.7 Å². The minimum absolute atomic E-state index is 0. The highest BCUT2D eigenvalue weighted by Gasteiger charge is 2.33. The fraction of sp³-hybridized carbons (Fsp3) is 0.765. The molecule has 0 saturated carbocycles. The first-order valence-corrected chi connectivity index (χ1v) is 8.32. The van der Waals surface area contributed by atoms with Gasteiger partial charge in [0.2, 0.25) is 0 Å². The lowest BCUT2D eigenvalue weighted by Gasteiger charge is -2.42. The zero-order chi connectivity index (χ0) is 17.2. The summed E-state index contributed by atoms with van der Waals surface area (Å²) in [6.07, 6.45) is 1.38. The molecule has 2 rings (SSSR count). The predicted molar refractivity (Wildman–Crippen MR) is 97.2 cm³/mol. The summed E-state index contributed by atoms with van der Waals surface area (Å²) in [5.74, 6) is -0.203. The number of hydrogen-bond donors (Lipinski definition) is 1. The van der Waals surface area contributed by atoms with Crippen LogP contribution in [-0.4, -0.2) is 46.9 Å². The van der Waals surface area contributed by atoms with E-state index in [4.69, 9.17) is 10.5 Å². The minimum atomic E-state index is -0.203. The van der Waals surface area contributed by atoms with Gasteiger partial charge in [0.1, 0.15) is 0 Å². The Morgan fingerprint density at radius 2 is 2.08 bits per heavy atom. The summed E-state index contributed by atoms with van der Waals surface area (Å²) >= 11 is 0. The van der Waals surface area contributed by atoms with Gasteiger partial charge in [-0.3, -0.25) is 14.4 Å². The number of likely N-dealkylation sites (tertiary alicyclic amines) is 1. The first kappa shape index (κ1) is 20.9. The number of carbonyl (C=O) groups excluding carboxylic acids is 1. The summed E-state index contributed by atoms with van der Waals surface area (Å²) < 4.78 is 6.62. The van der Waals surface area contributed by atoms with Gasteiger partial charge in [0.25, 0.3) is 0 Å². The molecule has 2 heterocycles. The molecule has 6 nitrogen and oxygen atoms in total. The maximum atomic E-state index is 11.3. The van der Waals surface area contributed by atoms with E-state index >= 15 is 0 Å². The van der Waals surface area contributed by atoms with Gasteiger partial charge in [0.05, 0.1) is 25.8 Å². The van der Waals surface area contributed by atoms with Gasteiger partial charge < -0.3 is 10.5 Å². The third-order valence-corrected chi connectivity index (χ3v) is 5.06. The van der Waals surface area contributed by atoms with Gasteiger partial charge in [-0.25, -0.2) is 0 Å². The number of nitrogens with two attached hydrogens (primary N) is 1. The Morgan fingerprint density at radius 1 is 1.42 bits per heavy atom. The van der Waals surface area contributed by atoms with Gasteiger partial charge in [0, 0.05) is 36.9 Å². The van der Waals surface area contributed by atoms with E-state index in [1.165, 1.54) is 12.7 Å². The average molecular weight is 359 g/mol. The van der Waals surface area contributed by atoms with E-state index in [2.05, 4.69) is 30.8 Å². The molecule has 1 aromatic heterocycles. The van der Waals surface area contributed by atoms with Crippen LogP contribution in [0.25, 0.3) is 0 Å². The SMILES string of the molecule is COC(=O)CCn1nc(C)c(CN2CCC(N)C(C)(C)C2)c1C.Cl. The van der Waals surface area contributed by atoms with Crippen molar-refractivity contribution >= 4 is 18.4 Å². The number of hydrogen-bond acceptors (Lipinski definition) is 5. The lowest BCUT2D eigenvalue weighted by atomic mass is 9.79. The maximum absolute atomic E-state index is 11.3. The van der Waals surface area contributed by atoms with Gasteiger partial charge in [-0.2, -0.15) is 5.10 Å². The summed E-state index contributed by atoms with van der Waals surface area (Å²) in [6.45, 7) is 12.1. The molecule has 0 bridgehead atoms. The third kappa shape index (κ3) is 4.71. The van der Waals surface area contributed by atoms with E-state index in [0.717, 1.165) is 37.4 Å². The van der Waals surface area contributed by atoms with Crippen LogP contribution in [0.5, 0.6) is 0 Å². The van der Waals surface area contributed by atoms with Crippen molar-refractivity contribution in [2.24, 2.45) is 11.1 Å². The fourth-order valence-electron chi connectivity index (χ4n) is 3.32. The normalized spacial score (nSPS) is 20.5. The number of halogens is 1. The molecular formula is C17H31ClN4O2. The zero-order valence-corrected chi connectivity index (χ0v) is 16.3. The summed E-state index contributed by atoms with van der Waals surface area (Å²) in [5, 5.41) is 4.59. The van der Waals surface area contributed by atoms with Crippen molar-refractivity contribution in [3.63, 3.8) is 0 Å². The topological polar surface area (TPSA) is 73.4 Å². The Labute approximate surface area is 151 Å². The van der Waals surface area contributed by atoms with Crippen molar-refractivity contribution in [3.8, 4) is 0 Å². The summed E-state index contributed by atoms with van der Waals surface area (Å²) in [7, 11) is 1.41. The van der Waals surface area contributed by atoms with Crippen LogP contribution in [0, 0.1) is 19.3 Å². The van der Waals surface area contributed by atoms with Crippen LogP contribution in [-0.2, 0) is 22.6 Å². The Hall–Kier alpha value is -1.11. The largest absolute Gasteiger partial charge is 0.469 e. The Kier molecular flexibility index (Phi) is 7.25. The average Bonchev–Trinajstić information content (AvgIpc) is 2.75. The predicted octanol–water partition coefficient (Wildman–Crippen LogP) is 2.04. The zero-order valence-electron chi connectivity index (χ0n) is 15.5. The second kappa shape index (κ2) is 8.32. The summed E-state index contributed by atoms with van der Waals surface area (Å²) in [6, 6.07) is 0.267. The van der Waals surface area contributed by atoms with Crippen molar-refractivity contribution in [3.05, 3.63) is 17.0 Å². The first-order valence-electron chi connectivity index (χ1n) is 8.32. The van der Waals surface area contributed by atoms with Gasteiger partial charge in [0.15, 0.2) is 0 Å².